The van der Waals surface area contributed by atoms with Gasteiger partial charge < -0.3 is 14.6 Å². The van der Waals surface area contributed by atoms with Gasteiger partial charge in [0.1, 0.15) is 5.56 Å². The monoisotopic (exact) mass is 424 g/mol. The Bertz CT molecular complexity index is 719. The molecule has 0 aromatic heterocycles. The first kappa shape index (κ1) is 22.5. The molecule has 0 bridgehead atoms. The molecular formula is C17H19Cl3O6. The Kier molecular flexibility index (Phi) is 8.18. The van der Waals surface area contributed by atoms with Crippen LogP contribution < -0.4 is 4.74 Å². The van der Waals surface area contributed by atoms with Gasteiger partial charge in [0, 0.05) is 5.41 Å². The summed E-state index contributed by atoms with van der Waals surface area (Å²) in [4.78, 5) is 34.6. The molecule has 0 saturated heterocycles. The van der Waals surface area contributed by atoms with Crippen molar-refractivity contribution in [1.82, 2.24) is 0 Å². The molecule has 0 heterocycles. The Labute approximate surface area is 166 Å². The number of benzene rings is 1. The van der Waals surface area contributed by atoms with E-state index < -0.39 is 29.2 Å². The number of carboxylic acids is 1. The minimum absolute atomic E-state index is 0.0643. The highest BCUT2D eigenvalue weighted by Gasteiger charge is 2.30. The molecule has 1 rings (SSSR count). The van der Waals surface area contributed by atoms with E-state index in [-0.39, 0.29) is 27.1 Å². The lowest BCUT2D eigenvalue weighted by atomic mass is 9.84. The zero-order valence-corrected chi connectivity index (χ0v) is 16.8. The van der Waals surface area contributed by atoms with Crippen LogP contribution in [0.3, 0.4) is 0 Å². The molecule has 26 heavy (non-hydrogen) atoms. The van der Waals surface area contributed by atoms with E-state index in [0.29, 0.717) is 0 Å². The summed E-state index contributed by atoms with van der Waals surface area (Å²) in [6.45, 7) is 6.07. The summed E-state index contributed by atoms with van der Waals surface area (Å²) in [5, 5.41) is 8.14. The lowest BCUT2D eigenvalue weighted by Gasteiger charge is -2.27. The summed E-state index contributed by atoms with van der Waals surface area (Å²) >= 11 is 17.9. The molecule has 0 fully saturated rings. The fraction of sp³-hybridized carbons (Fsp3) is 0.471. The van der Waals surface area contributed by atoms with Crippen LogP contribution in [0.25, 0.3) is 0 Å². The molecule has 0 radical (unpaired) electrons. The number of hydrogen-bond acceptors (Lipinski definition) is 5. The quantitative estimate of drug-likeness (QED) is 0.286. The summed E-state index contributed by atoms with van der Waals surface area (Å²) < 4.78 is 10.0. The van der Waals surface area contributed by atoms with Gasteiger partial charge in [0.25, 0.3) is 0 Å². The molecule has 0 saturated carbocycles. The number of rotatable bonds is 7. The highest BCUT2D eigenvalue weighted by atomic mass is 35.5. The van der Waals surface area contributed by atoms with E-state index in [1.807, 2.05) is 20.8 Å². The Morgan fingerprint density at radius 1 is 1.15 bits per heavy atom. The molecule has 0 spiro atoms. The zero-order chi connectivity index (χ0) is 20.1. The van der Waals surface area contributed by atoms with Gasteiger partial charge in [-0.05, 0) is 18.9 Å². The number of ether oxygens (including phenoxy) is 2. The van der Waals surface area contributed by atoms with Crippen LogP contribution >= 0.6 is 34.8 Å². The van der Waals surface area contributed by atoms with E-state index in [0.717, 1.165) is 25.3 Å². The highest BCUT2D eigenvalue weighted by molar-refractivity contribution is 6.46. The number of carbonyl (C=O) groups is 3. The van der Waals surface area contributed by atoms with Crippen molar-refractivity contribution in [2.75, 3.05) is 6.61 Å². The molecule has 1 aromatic carbocycles. The molecular weight excluding hydrogens is 407 g/mol. The predicted octanol–water partition coefficient (Wildman–Crippen LogP) is 5.01. The van der Waals surface area contributed by atoms with E-state index in [9.17, 15) is 14.4 Å². The van der Waals surface area contributed by atoms with Crippen LogP contribution in [0.4, 0.5) is 0 Å². The Morgan fingerprint density at radius 2 is 1.77 bits per heavy atom. The van der Waals surface area contributed by atoms with Crippen molar-refractivity contribution in [3.8, 4) is 5.75 Å². The first-order valence-electron chi connectivity index (χ1n) is 7.86. The van der Waals surface area contributed by atoms with Gasteiger partial charge in [-0.1, -0.05) is 62.0 Å². The predicted molar refractivity (Wildman–Crippen MR) is 98.3 cm³/mol. The van der Waals surface area contributed by atoms with E-state index in [1.165, 1.54) is 0 Å². The molecule has 6 nitrogen and oxygen atoms in total. The lowest BCUT2D eigenvalue weighted by Crippen LogP contribution is -2.25. The Balaban J connectivity index is 3.22. The van der Waals surface area contributed by atoms with Crippen LogP contribution in [-0.2, 0) is 14.3 Å². The second-order valence-electron chi connectivity index (χ2n) is 6.04. The van der Waals surface area contributed by atoms with Gasteiger partial charge in [-0.3, -0.25) is 0 Å². The molecule has 1 atom stereocenters. The van der Waals surface area contributed by atoms with Gasteiger partial charge >= 0.3 is 17.9 Å². The molecule has 9 heteroatoms. The van der Waals surface area contributed by atoms with Crippen molar-refractivity contribution >= 4 is 52.7 Å². The molecule has 0 aliphatic heterocycles. The van der Waals surface area contributed by atoms with Crippen LogP contribution in [0.1, 0.15) is 50.4 Å². The second kappa shape index (κ2) is 9.44. The molecule has 0 amide bonds. The molecule has 1 unspecified atom stereocenters. The average Bonchev–Trinajstić information content (AvgIpc) is 2.57. The van der Waals surface area contributed by atoms with E-state index in [4.69, 9.17) is 44.6 Å². The van der Waals surface area contributed by atoms with Crippen molar-refractivity contribution in [3.05, 3.63) is 26.7 Å². The van der Waals surface area contributed by atoms with E-state index >= 15 is 0 Å². The number of hydrogen-bond donors (Lipinski definition) is 1. The van der Waals surface area contributed by atoms with E-state index in [2.05, 4.69) is 4.74 Å². The summed E-state index contributed by atoms with van der Waals surface area (Å²) in [7, 11) is 0. The number of carbonyl (C=O) groups excluding carboxylic acids is 2. The topological polar surface area (TPSA) is 89.9 Å². The van der Waals surface area contributed by atoms with Crippen molar-refractivity contribution in [1.29, 1.82) is 0 Å². The SMILES string of the molecule is CCCC(C)(CC)COC(=O)c1c(Cl)c(Cl)cc(Cl)c1OC(=O)C(=O)O. The third-order valence-electron chi connectivity index (χ3n) is 3.96. The number of esters is 2. The zero-order valence-electron chi connectivity index (χ0n) is 14.5. The van der Waals surface area contributed by atoms with Gasteiger partial charge in [0.15, 0.2) is 5.75 Å². The largest absolute Gasteiger partial charge is 0.473 e. The van der Waals surface area contributed by atoms with Gasteiger partial charge in [-0.25, -0.2) is 14.4 Å². The van der Waals surface area contributed by atoms with Crippen LogP contribution in [0.5, 0.6) is 5.75 Å². The first-order chi connectivity index (χ1) is 12.1. The Hall–Kier alpha value is -1.50. The maximum Gasteiger partial charge on any atom is 0.422 e. The maximum atomic E-state index is 12.5. The van der Waals surface area contributed by atoms with Gasteiger partial charge in [-0.2, -0.15) is 0 Å². The normalized spacial score (nSPS) is 13.0. The van der Waals surface area contributed by atoms with Crippen LogP contribution in [0, 0.1) is 5.41 Å². The number of halogens is 3. The first-order valence-corrected chi connectivity index (χ1v) is 8.99. The average molecular weight is 426 g/mol. The van der Waals surface area contributed by atoms with Gasteiger partial charge in [0.2, 0.25) is 0 Å². The summed E-state index contributed by atoms with van der Waals surface area (Å²) in [5.74, 6) is -4.90. The third kappa shape index (κ3) is 5.50. The van der Waals surface area contributed by atoms with Crippen LogP contribution in [-0.4, -0.2) is 29.6 Å². The molecule has 0 aliphatic rings. The Morgan fingerprint density at radius 3 is 2.27 bits per heavy atom. The van der Waals surface area contributed by atoms with Crippen molar-refractivity contribution < 1.29 is 29.0 Å². The fourth-order valence-electron chi connectivity index (χ4n) is 2.26. The van der Waals surface area contributed by atoms with Crippen LogP contribution in [0.2, 0.25) is 15.1 Å². The lowest BCUT2D eigenvalue weighted by molar-refractivity contribution is -0.158. The minimum atomic E-state index is -1.85. The maximum absolute atomic E-state index is 12.5. The summed E-state index contributed by atoms with van der Waals surface area (Å²) in [6, 6.07) is 1.14. The van der Waals surface area contributed by atoms with Crippen LogP contribution in [0.15, 0.2) is 6.07 Å². The molecule has 0 aliphatic carbocycles. The van der Waals surface area contributed by atoms with Gasteiger partial charge in [0.05, 0.1) is 21.7 Å². The van der Waals surface area contributed by atoms with Crippen molar-refractivity contribution in [3.63, 3.8) is 0 Å². The third-order valence-corrected chi connectivity index (χ3v) is 5.03. The second-order valence-corrected chi connectivity index (χ2v) is 7.24. The molecule has 1 aromatic rings. The number of carboxylic acid groups (broad SMARTS) is 1. The summed E-state index contributed by atoms with van der Waals surface area (Å²) in [5.41, 5.74) is -0.634. The minimum Gasteiger partial charge on any atom is -0.473 e. The molecule has 144 valence electrons. The van der Waals surface area contributed by atoms with Crippen molar-refractivity contribution in [2.45, 2.75) is 40.0 Å². The smallest absolute Gasteiger partial charge is 0.422 e. The standard InChI is InChI=1S/C17H19Cl3O6/c1-4-6-17(3,5-2)8-25-15(23)11-12(20)9(18)7-10(19)13(11)26-16(24)14(21)22/h7H,4-6,8H2,1-3H3,(H,21,22). The molecule has 1 N–H and O–H groups in total. The van der Waals surface area contributed by atoms with Crippen molar-refractivity contribution in [2.24, 2.45) is 5.41 Å². The van der Waals surface area contributed by atoms with Gasteiger partial charge in [-0.15, -0.1) is 0 Å². The highest BCUT2D eigenvalue weighted by Crippen LogP contribution is 2.40. The summed E-state index contributed by atoms with van der Waals surface area (Å²) in [6.07, 6.45) is 2.52. The fourth-order valence-corrected chi connectivity index (χ4v) is 2.98. The number of aliphatic carboxylic acids is 1. The van der Waals surface area contributed by atoms with E-state index in [1.54, 1.807) is 0 Å².